The number of nitrogens with one attached hydrogen (secondary N) is 1. The third-order valence-electron chi connectivity index (χ3n) is 5.57. The molecule has 3 aromatic carbocycles. The van der Waals surface area contributed by atoms with E-state index < -0.39 is 0 Å². The fourth-order valence-corrected chi connectivity index (χ4v) is 4.01. The van der Waals surface area contributed by atoms with Gasteiger partial charge in [0.15, 0.2) is 0 Å². The Kier molecular flexibility index (Phi) is 6.05. The van der Waals surface area contributed by atoms with E-state index in [1.54, 1.807) is 21.7 Å². The number of aromatic nitrogens is 4. The fourth-order valence-electron chi connectivity index (χ4n) is 3.88. The van der Waals surface area contributed by atoms with Crippen LogP contribution >= 0.6 is 11.6 Å². The maximum atomic E-state index is 13.2. The number of carbonyl (C=O) groups excluding carboxylic acids is 1. The van der Waals surface area contributed by atoms with Crippen LogP contribution in [0.5, 0.6) is 0 Å². The molecular weight excluding hydrogens is 455 g/mol. The maximum Gasteiger partial charge on any atom is 0.251 e. The van der Waals surface area contributed by atoms with E-state index in [9.17, 15) is 9.18 Å². The van der Waals surface area contributed by atoms with Crippen molar-refractivity contribution in [2.24, 2.45) is 0 Å². The van der Waals surface area contributed by atoms with Crippen molar-refractivity contribution in [1.29, 1.82) is 0 Å². The highest BCUT2D eigenvalue weighted by molar-refractivity contribution is 6.30. The van der Waals surface area contributed by atoms with Gasteiger partial charge in [0.2, 0.25) is 5.91 Å². The van der Waals surface area contributed by atoms with Gasteiger partial charge in [-0.05, 0) is 57.5 Å². The first kappa shape index (κ1) is 21.8. The minimum absolute atomic E-state index is 0.00956. The molecule has 1 atom stereocenters. The van der Waals surface area contributed by atoms with E-state index in [0.717, 1.165) is 22.4 Å². The summed E-state index contributed by atoms with van der Waals surface area (Å²) in [5, 5.41) is 15.8. The highest BCUT2D eigenvalue weighted by atomic mass is 35.5. The van der Waals surface area contributed by atoms with Gasteiger partial charge >= 0.3 is 0 Å². The van der Waals surface area contributed by atoms with Gasteiger partial charge in [-0.2, -0.15) is 4.68 Å². The highest BCUT2D eigenvalue weighted by Gasteiger charge is 2.31. The molecule has 0 radical (unpaired) electrons. The molecular formula is C25H20ClFN6O. The molecule has 34 heavy (non-hydrogen) atoms. The average molecular weight is 475 g/mol. The lowest BCUT2D eigenvalue weighted by atomic mass is 10.0. The second-order valence-electron chi connectivity index (χ2n) is 7.83. The number of rotatable bonds is 6. The monoisotopic (exact) mass is 474 g/mol. The SMILES string of the molecule is O=C(CN1C(c2ccccc2)=CC(c2ccc(Cl)cc2)n2nnnc21)NCc1ccc(F)cc1. The Bertz CT molecular complexity index is 1320. The lowest BCUT2D eigenvalue weighted by Crippen LogP contribution is -2.39. The Hall–Kier alpha value is -4.04. The van der Waals surface area contributed by atoms with Crippen molar-refractivity contribution in [3.8, 4) is 0 Å². The lowest BCUT2D eigenvalue weighted by Gasteiger charge is -2.32. The number of hydrogen-bond donors (Lipinski definition) is 1. The molecule has 1 aliphatic heterocycles. The van der Waals surface area contributed by atoms with Crippen molar-refractivity contribution in [3.05, 3.63) is 112 Å². The largest absolute Gasteiger partial charge is 0.350 e. The van der Waals surface area contributed by atoms with E-state index in [4.69, 9.17) is 11.6 Å². The molecule has 0 saturated heterocycles. The van der Waals surface area contributed by atoms with E-state index in [1.165, 1.54) is 12.1 Å². The van der Waals surface area contributed by atoms with E-state index in [2.05, 4.69) is 20.8 Å². The van der Waals surface area contributed by atoms with Crippen LogP contribution in [0.4, 0.5) is 10.3 Å². The Balaban J connectivity index is 1.45. The van der Waals surface area contributed by atoms with Crippen LogP contribution in [0.3, 0.4) is 0 Å². The quantitative estimate of drug-likeness (QED) is 0.452. The van der Waals surface area contributed by atoms with Gasteiger partial charge in [0.1, 0.15) is 18.4 Å². The van der Waals surface area contributed by atoms with Crippen molar-refractivity contribution in [1.82, 2.24) is 25.5 Å². The predicted molar refractivity (Wildman–Crippen MR) is 127 cm³/mol. The standard InChI is InChI=1S/C25H20ClFN6O/c26-20-10-8-19(9-11-20)23-14-22(18-4-2-1-3-5-18)32(25-29-30-31-33(23)25)16-24(34)28-15-17-6-12-21(27)13-7-17/h1-14,23H,15-16H2,(H,28,34). The minimum Gasteiger partial charge on any atom is -0.350 e. The normalized spacial score (nSPS) is 14.9. The molecule has 5 rings (SSSR count). The second-order valence-corrected chi connectivity index (χ2v) is 8.26. The number of nitrogens with zero attached hydrogens (tertiary/aromatic N) is 5. The Morgan fingerprint density at radius 3 is 2.47 bits per heavy atom. The van der Waals surface area contributed by atoms with Gasteiger partial charge in [-0.25, -0.2) is 4.39 Å². The summed E-state index contributed by atoms with van der Waals surface area (Å²) in [4.78, 5) is 14.7. The van der Waals surface area contributed by atoms with Crippen LogP contribution in [0.15, 0.2) is 84.9 Å². The van der Waals surface area contributed by atoms with Crippen LogP contribution in [-0.4, -0.2) is 32.7 Å². The summed E-state index contributed by atoms with van der Waals surface area (Å²) in [5.74, 6) is -0.0769. The molecule has 1 aromatic heterocycles. The van der Waals surface area contributed by atoms with Gasteiger partial charge in [0, 0.05) is 11.6 Å². The molecule has 0 saturated carbocycles. The van der Waals surface area contributed by atoms with Gasteiger partial charge in [-0.1, -0.05) is 71.3 Å². The number of hydrogen-bond acceptors (Lipinski definition) is 5. The van der Waals surface area contributed by atoms with Crippen LogP contribution in [0.1, 0.15) is 22.7 Å². The van der Waals surface area contributed by atoms with Crippen LogP contribution < -0.4 is 10.2 Å². The first-order chi connectivity index (χ1) is 16.6. The molecule has 170 valence electrons. The van der Waals surface area contributed by atoms with Gasteiger partial charge in [-0.3, -0.25) is 9.69 Å². The molecule has 0 spiro atoms. The zero-order valence-corrected chi connectivity index (χ0v) is 18.7. The fraction of sp³-hybridized carbons (Fsp3) is 0.120. The van der Waals surface area contributed by atoms with Crippen LogP contribution in [0.25, 0.3) is 5.70 Å². The van der Waals surface area contributed by atoms with Gasteiger partial charge < -0.3 is 5.32 Å². The zero-order valence-electron chi connectivity index (χ0n) is 18.0. The van der Waals surface area contributed by atoms with Crippen molar-refractivity contribution in [2.45, 2.75) is 12.6 Å². The van der Waals surface area contributed by atoms with E-state index >= 15 is 0 Å². The van der Waals surface area contributed by atoms with Crippen molar-refractivity contribution >= 4 is 29.2 Å². The molecule has 7 nitrogen and oxygen atoms in total. The third kappa shape index (κ3) is 4.53. The smallest absolute Gasteiger partial charge is 0.251 e. The number of benzene rings is 3. The van der Waals surface area contributed by atoms with Gasteiger partial charge in [0.05, 0.1) is 5.70 Å². The number of halogens is 2. The third-order valence-corrected chi connectivity index (χ3v) is 5.82. The number of anilines is 1. The summed E-state index contributed by atoms with van der Waals surface area (Å²) >= 11 is 6.08. The first-order valence-corrected chi connectivity index (χ1v) is 11.1. The summed E-state index contributed by atoms with van der Waals surface area (Å²) in [5.41, 5.74) is 3.52. The van der Waals surface area contributed by atoms with Gasteiger partial charge in [0.25, 0.3) is 5.95 Å². The summed E-state index contributed by atoms with van der Waals surface area (Å²) in [7, 11) is 0. The van der Waals surface area contributed by atoms with Crippen LogP contribution in [0, 0.1) is 5.82 Å². The van der Waals surface area contributed by atoms with Gasteiger partial charge in [-0.15, -0.1) is 0 Å². The summed E-state index contributed by atoms with van der Waals surface area (Å²) in [6.45, 7) is 0.297. The van der Waals surface area contributed by atoms with E-state index in [1.807, 2.05) is 60.7 Å². The molecule has 0 bridgehead atoms. The first-order valence-electron chi connectivity index (χ1n) is 10.7. The highest BCUT2D eigenvalue weighted by Crippen LogP contribution is 2.36. The molecule has 0 fully saturated rings. The average Bonchev–Trinajstić information content (AvgIpc) is 3.35. The Morgan fingerprint density at radius 1 is 1.00 bits per heavy atom. The van der Waals surface area contributed by atoms with Crippen LogP contribution in [0.2, 0.25) is 5.02 Å². The van der Waals surface area contributed by atoms with Crippen molar-refractivity contribution in [3.63, 3.8) is 0 Å². The predicted octanol–water partition coefficient (Wildman–Crippen LogP) is 4.23. The number of fused-ring (bicyclic) bond motifs is 1. The number of amides is 1. The second kappa shape index (κ2) is 9.44. The molecule has 1 N–H and O–H groups in total. The molecule has 1 amide bonds. The number of carbonyl (C=O) groups is 1. The maximum absolute atomic E-state index is 13.2. The van der Waals surface area contributed by atoms with E-state index in [0.29, 0.717) is 11.0 Å². The molecule has 9 heteroatoms. The zero-order chi connectivity index (χ0) is 23.5. The molecule has 1 unspecified atom stereocenters. The Labute approximate surface area is 200 Å². The van der Waals surface area contributed by atoms with Crippen molar-refractivity contribution in [2.75, 3.05) is 11.4 Å². The molecule has 4 aromatic rings. The van der Waals surface area contributed by atoms with Crippen molar-refractivity contribution < 1.29 is 9.18 Å². The van der Waals surface area contributed by atoms with Crippen LogP contribution in [-0.2, 0) is 11.3 Å². The minimum atomic E-state index is -0.317. The van der Waals surface area contributed by atoms with E-state index in [-0.39, 0.29) is 30.9 Å². The molecule has 0 aliphatic carbocycles. The molecule has 1 aliphatic rings. The lowest BCUT2D eigenvalue weighted by molar-refractivity contribution is -0.119. The Morgan fingerprint density at radius 2 is 1.74 bits per heavy atom. The summed E-state index contributed by atoms with van der Waals surface area (Å²) < 4.78 is 14.8. The number of allylic oxidation sites excluding steroid dienone is 1. The summed E-state index contributed by atoms with van der Waals surface area (Å²) in [6.07, 6.45) is 2.04. The molecule has 2 heterocycles. The topological polar surface area (TPSA) is 75.9 Å². The summed E-state index contributed by atoms with van der Waals surface area (Å²) in [6, 6.07) is 23.1. The number of tetrazole rings is 1.